The van der Waals surface area contributed by atoms with Gasteiger partial charge in [-0.1, -0.05) is 30.3 Å². The summed E-state index contributed by atoms with van der Waals surface area (Å²) in [5.41, 5.74) is 2.58. The van der Waals surface area contributed by atoms with Crippen molar-refractivity contribution < 1.29 is 9.72 Å². The SMILES string of the molecule is CN(C)C(=O)C1CCN(c2ccc([N+](=O)[O-])c(NCc3ccccc3)c2)CC1. The van der Waals surface area contributed by atoms with E-state index in [-0.39, 0.29) is 22.4 Å². The molecule has 0 aromatic heterocycles. The van der Waals surface area contributed by atoms with E-state index < -0.39 is 0 Å². The number of anilines is 2. The largest absolute Gasteiger partial charge is 0.375 e. The Morgan fingerprint density at radius 1 is 1.18 bits per heavy atom. The molecule has 2 aromatic rings. The number of hydrogen-bond acceptors (Lipinski definition) is 5. The summed E-state index contributed by atoms with van der Waals surface area (Å²) in [6, 6.07) is 15.0. The summed E-state index contributed by atoms with van der Waals surface area (Å²) < 4.78 is 0. The topological polar surface area (TPSA) is 78.7 Å². The van der Waals surface area contributed by atoms with Crippen LogP contribution in [0.2, 0.25) is 0 Å². The van der Waals surface area contributed by atoms with Gasteiger partial charge in [-0.3, -0.25) is 14.9 Å². The fourth-order valence-corrected chi connectivity index (χ4v) is 3.56. The molecule has 0 bridgehead atoms. The smallest absolute Gasteiger partial charge is 0.292 e. The minimum Gasteiger partial charge on any atom is -0.375 e. The molecule has 0 radical (unpaired) electrons. The fraction of sp³-hybridized carbons (Fsp3) is 0.381. The fourth-order valence-electron chi connectivity index (χ4n) is 3.56. The molecule has 1 aliphatic rings. The lowest BCUT2D eigenvalue weighted by molar-refractivity contribution is -0.384. The second kappa shape index (κ2) is 8.73. The molecular weight excluding hydrogens is 356 g/mol. The standard InChI is InChI=1S/C21H26N4O3/c1-23(2)21(26)17-10-12-24(13-11-17)18-8-9-20(25(27)28)19(14-18)22-15-16-6-4-3-5-7-16/h3-9,14,17,22H,10-13,15H2,1-2H3. The zero-order valence-electron chi connectivity index (χ0n) is 16.3. The van der Waals surface area contributed by atoms with Crippen molar-refractivity contribution in [1.29, 1.82) is 0 Å². The highest BCUT2D eigenvalue weighted by atomic mass is 16.6. The van der Waals surface area contributed by atoms with E-state index >= 15 is 0 Å². The molecule has 7 heteroatoms. The normalized spacial score (nSPS) is 14.6. The summed E-state index contributed by atoms with van der Waals surface area (Å²) in [6.07, 6.45) is 1.58. The Balaban J connectivity index is 1.72. The number of rotatable bonds is 6. The lowest BCUT2D eigenvalue weighted by Crippen LogP contribution is -2.40. The molecule has 1 saturated heterocycles. The van der Waals surface area contributed by atoms with Crippen molar-refractivity contribution in [2.45, 2.75) is 19.4 Å². The van der Waals surface area contributed by atoms with Gasteiger partial charge in [0.05, 0.1) is 4.92 Å². The van der Waals surface area contributed by atoms with E-state index in [1.807, 2.05) is 36.4 Å². The lowest BCUT2D eigenvalue weighted by Gasteiger charge is -2.34. The highest BCUT2D eigenvalue weighted by Gasteiger charge is 2.27. The van der Waals surface area contributed by atoms with E-state index in [0.717, 1.165) is 37.2 Å². The van der Waals surface area contributed by atoms with Crippen LogP contribution in [0.1, 0.15) is 18.4 Å². The summed E-state index contributed by atoms with van der Waals surface area (Å²) in [7, 11) is 3.57. The molecule has 7 nitrogen and oxygen atoms in total. The molecule has 28 heavy (non-hydrogen) atoms. The first-order valence-electron chi connectivity index (χ1n) is 9.48. The van der Waals surface area contributed by atoms with Crippen LogP contribution in [0, 0.1) is 16.0 Å². The van der Waals surface area contributed by atoms with Crippen molar-refractivity contribution in [1.82, 2.24) is 4.90 Å². The molecule has 0 saturated carbocycles. The third-order valence-electron chi connectivity index (χ3n) is 5.15. The van der Waals surface area contributed by atoms with Crippen LogP contribution in [0.25, 0.3) is 0 Å². The molecule has 0 spiro atoms. The molecule has 1 fully saturated rings. The van der Waals surface area contributed by atoms with Gasteiger partial charge in [0.1, 0.15) is 5.69 Å². The third-order valence-corrected chi connectivity index (χ3v) is 5.15. The number of carbonyl (C=O) groups excluding carboxylic acids is 1. The maximum Gasteiger partial charge on any atom is 0.292 e. The number of amides is 1. The summed E-state index contributed by atoms with van der Waals surface area (Å²) in [5, 5.41) is 14.6. The molecule has 1 N–H and O–H groups in total. The molecule has 1 amide bonds. The zero-order chi connectivity index (χ0) is 20.1. The van der Waals surface area contributed by atoms with Crippen LogP contribution in [0.5, 0.6) is 0 Å². The van der Waals surface area contributed by atoms with E-state index in [2.05, 4.69) is 10.2 Å². The summed E-state index contributed by atoms with van der Waals surface area (Å²) in [5.74, 6) is 0.230. The van der Waals surface area contributed by atoms with E-state index in [0.29, 0.717) is 12.2 Å². The molecule has 1 aliphatic heterocycles. The first-order valence-corrected chi connectivity index (χ1v) is 9.48. The minimum atomic E-state index is -0.362. The first kappa shape index (κ1) is 19.7. The average Bonchev–Trinajstić information content (AvgIpc) is 2.72. The average molecular weight is 382 g/mol. The predicted octanol–water partition coefficient (Wildman–Crippen LogP) is 3.51. The van der Waals surface area contributed by atoms with Crippen LogP contribution in [-0.2, 0) is 11.3 Å². The van der Waals surface area contributed by atoms with Gasteiger partial charge in [0.15, 0.2) is 0 Å². The molecule has 3 rings (SSSR count). The molecule has 0 atom stereocenters. The molecule has 0 aliphatic carbocycles. The number of nitrogens with one attached hydrogen (secondary N) is 1. The van der Waals surface area contributed by atoms with Gasteiger partial charge in [-0.15, -0.1) is 0 Å². The van der Waals surface area contributed by atoms with Crippen LogP contribution in [0.15, 0.2) is 48.5 Å². The van der Waals surface area contributed by atoms with Crippen LogP contribution in [0.4, 0.5) is 17.1 Å². The Morgan fingerprint density at radius 2 is 1.86 bits per heavy atom. The van der Waals surface area contributed by atoms with Crippen molar-refractivity contribution in [2.24, 2.45) is 5.92 Å². The highest BCUT2D eigenvalue weighted by Crippen LogP contribution is 2.32. The molecule has 1 heterocycles. The van der Waals surface area contributed by atoms with Crippen molar-refractivity contribution in [3.05, 3.63) is 64.2 Å². The second-order valence-electron chi connectivity index (χ2n) is 7.29. The van der Waals surface area contributed by atoms with Crippen LogP contribution in [-0.4, -0.2) is 42.9 Å². The number of nitro benzene ring substituents is 1. The minimum absolute atomic E-state index is 0.0555. The maximum absolute atomic E-state index is 12.2. The Hall–Kier alpha value is -3.09. The van der Waals surface area contributed by atoms with Crippen molar-refractivity contribution >= 4 is 23.0 Å². The van der Waals surface area contributed by atoms with Gasteiger partial charge in [-0.2, -0.15) is 0 Å². The molecular formula is C21H26N4O3. The van der Waals surface area contributed by atoms with E-state index in [1.165, 1.54) is 0 Å². The Labute approximate surface area is 165 Å². The first-order chi connectivity index (χ1) is 13.5. The number of benzene rings is 2. The van der Waals surface area contributed by atoms with Crippen LogP contribution >= 0.6 is 0 Å². The van der Waals surface area contributed by atoms with Gasteiger partial charge in [0.2, 0.25) is 5.91 Å². The number of nitrogens with zero attached hydrogens (tertiary/aromatic N) is 3. The van der Waals surface area contributed by atoms with Gasteiger partial charge in [-0.25, -0.2) is 0 Å². The molecule has 0 unspecified atom stereocenters. The van der Waals surface area contributed by atoms with Gasteiger partial charge in [0, 0.05) is 51.4 Å². The van der Waals surface area contributed by atoms with E-state index in [4.69, 9.17) is 0 Å². The Morgan fingerprint density at radius 3 is 2.46 bits per heavy atom. The van der Waals surface area contributed by atoms with Crippen molar-refractivity contribution in [3.63, 3.8) is 0 Å². The van der Waals surface area contributed by atoms with Crippen LogP contribution < -0.4 is 10.2 Å². The third kappa shape index (κ3) is 4.60. The van der Waals surface area contributed by atoms with Gasteiger partial charge < -0.3 is 15.1 Å². The van der Waals surface area contributed by atoms with Gasteiger partial charge >= 0.3 is 0 Å². The van der Waals surface area contributed by atoms with Crippen molar-refractivity contribution in [2.75, 3.05) is 37.4 Å². The number of hydrogen-bond donors (Lipinski definition) is 1. The number of nitro groups is 1. The Kier molecular flexibility index (Phi) is 6.13. The quantitative estimate of drug-likeness (QED) is 0.611. The Bertz CT molecular complexity index is 831. The summed E-state index contributed by atoms with van der Waals surface area (Å²) in [6.45, 7) is 2.05. The highest BCUT2D eigenvalue weighted by molar-refractivity contribution is 5.78. The van der Waals surface area contributed by atoms with Gasteiger partial charge in [-0.05, 0) is 30.5 Å². The number of carbonyl (C=O) groups is 1. The van der Waals surface area contributed by atoms with Gasteiger partial charge in [0.25, 0.3) is 5.69 Å². The van der Waals surface area contributed by atoms with Crippen LogP contribution in [0.3, 0.4) is 0 Å². The monoisotopic (exact) mass is 382 g/mol. The second-order valence-corrected chi connectivity index (χ2v) is 7.29. The zero-order valence-corrected chi connectivity index (χ0v) is 16.3. The van der Waals surface area contributed by atoms with E-state index in [9.17, 15) is 14.9 Å². The predicted molar refractivity (Wildman–Crippen MR) is 110 cm³/mol. The maximum atomic E-state index is 12.2. The van der Waals surface area contributed by atoms with Crippen molar-refractivity contribution in [3.8, 4) is 0 Å². The summed E-state index contributed by atoms with van der Waals surface area (Å²) >= 11 is 0. The van der Waals surface area contributed by atoms with E-state index in [1.54, 1.807) is 31.1 Å². The molecule has 2 aromatic carbocycles. The number of piperidine rings is 1. The molecule has 148 valence electrons. The lowest BCUT2D eigenvalue weighted by atomic mass is 9.95. The summed E-state index contributed by atoms with van der Waals surface area (Å²) in [4.78, 5) is 27.0.